The number of halogens is 2. The van der Waals surface area contributed by atoms with Gasteiger partial charge in [0.15, 0.2) is 12.3 Å². The number of aliphatic hydroxyl groups excluding tert-OH is 1. The molecule has 4 saturated heterocycles. The maximum absolute atomic E-state index is 13.6. The lowest BCUT2D eigenvalue weighted by Crippen LogP contribution is -3.00. The highest BCUT2D eigenvalue weighted by atomic mass is 35.5. The van der Waals surface area contributed by atoms with Gasteiger partial charge in [0.1, 0.15) is 51.5 Å². The molecule has 1 aliphatic carbocycles. The van der Waals surface area contributed by atoms with Crippen LogP contribution in [0.5, 0.6) is 0 Å². The lowest BCUT2D eigenvalue weighted by atomic mass is 9.76. The Labute approximate surface area is 287 Å². The van der Waals surface area contributed by atoms with Gasteiger partial charge in [-0.1, -0.05) is 32.0 Å². The van der Waals surface area contributed by atoms with Gasteiger partial charge in [-0.25, -0.2) is 4.79 Å². The van der Waals surface area contributed by atoms with Crippen LogP contribution in [0.15, 0.2) is 42.1 Å². The van der Waals surface area contributed by atoms with E-state index in [2.05, 4.69) is 18.3 Å². The molecule has 5 heterocycles. The van der Waals surface area contributed by atoms with Crippen LogP contribution in [0.1, 0.15) is 54.2 Å². The van der Waals surface area contributed by atoms with Gasteiger partial charge < -0.3 is 54.2 Å². The summed E-state index contributed by atoms with van der Waals surface area (Å²) in [5.41, 5.74) is 5.23. The summed E-state index contributed by atoms with van der Waals surface area (Å²) in [4.78, 5) is 52.7. The third kappa shape index (κ3) is 5.48. The van der Waals surface area contributed by atoms with E-state index >= 15 is 0 Å². The van der Waals surface area contributed by atoms with Crippen molar-refractivity contribution in [2.75, 3.05) is 52.4 Å². The molecule has 4 fully saturated rings. The Morgan fingerprint density at radius 3 is 2.19 bits per heavy atom. The van der Waals surface area contributed by atoms with Gasteiger partial charge in [0.05, 0.1) is 18.1 Å². The molecule has 8 rings (SSSR count). The zero-order valence-electron chi connectivity index (χ0n) is 27.0. The summed E-state index contributed by atoms with van der Waals surface area (Å²) in [5.74, 6) is -2.32. The van der Waals surface area contributed by atoms with Crippen molar-refractivity contribution in [3.8, 4) is 11.1 Å². The maximum atomic E-state index is 13.6. The van der Waals surface area contributed by atoms with E-state index in [4.69, 9.17) is 0 Å². The molecule has 2 aromatic rings. The predicted octanol–water partition coefficient (Wildman–Crippen LogP) is -3.75. The summed E-state index contributed by atoms with van der Waals surface area (Å²) in [6, 6.07) is 11.2. The average molecular weight is 686 g/mol. The molecule has 0 radical (unpaired) electrons. The first-order chi connectivity index (χ1) is 21.5. The number of carbonyl (C=O) groups is 4. The van der Waals surface area contributed by atoms with Crippen LogP contribution in [0.3, 0.4) is 0 Å². The SMILES string of the molecule is CCCNC(=O)C[N+]12CC[N+](Cc3ccc4c(c3)C(=O)c3ccc(C5=C(C(=O)O)N6C(=O)[C@H]([C@@H](C)O)[C@H]6[C@H]5C)cc3-4)(CC1)CC2.[Cl-].[Cl-]. The molecule has 4 atom stereocenters. The van der Waals surface area contributed by atoms with Crippen molar-refractivity contribution in [1.82, 2.24) is 10.2 Å². The van der Waals surface area contributed by atoms with E-state index in [1.54, 1.807) is 19.1 Å². The molecule has 5 aliphatic heterocycles. The number of rotatable bonds is 9. The lowest BCUT2D eigenvalue weighted by Gasteiger charge is -2.55. The summed E-state index contributed by atoms with van der Waals surface area (Å²) >= 11 is 0. The third-order valence-corrected chi connectivity index (χ3v) is 11.3. The van der Waals surface area contributed by atoms with Crippen molar-refractivity contribution in [3.63, 3.8) is 0 Å². The number of nitrogens with one attached hydrogen (secondary N) is 1. The Morgan fingerprint density at radius 1 is 0.936 bits per heavy atom. The van der Waals surface area contributed by atoms with E-state index in [1.807, 2.05) is 25.1 Å². The second-order valence-electron chi connectivity index (χ2n) is 14.0. The first-order valence-electron chi connectivity index (χ1n) is 16.3. The summed E-state index contributed by atoms with van der Waals surface area (Å²) in [6.07, 6.45) is 0.0739. The highest BCUT2D eigenvalue weighted by Crippen LogP contribution is 2.51. The minimum absolute atomic E-state index is 0. The molecule has 6 aliphatic rings. The molecule has 2 aromatic carbocycles. The molecule has 2 bridgehead atoms. The fourth-order valence-electron chi connectivity index (χ4n) is 8.77. The molecule has 0 saturated carbocycles. The van der Waals surface area contributed by atoms with Gasteiger partial charge in [0, 0.05) is 29.2 Å². The molecule has 252 valence electrons. The minimum atomic E-state index is -1.17. The van der Waals surface area contributed by atoms with Crippen molar-refractivity contribution in [2.24, 2.45) is 11.8 Å². The topological polar surface area (TPSA) is 124 Å². The zero-order valence-corrected chi connectivity index (χ0v) is 28.5. The van der Waals surface area contributed by atoms with Crippen LogP contribution >= 0.6 is 0 Å². The normalized spacial score (nSPS) is 28.9. The summed E-state index contributed by atoms with van der Waals surface area (Å²) in [6.45, 7) is 13.7. The monoisotopic (exact) mass is 684 g/mol. The van der Waals surface area contributed by atoms with Crippen molar-refractivity contribution in [2.45, 2.75) is 45.9 Å². The fraction of sp³-hybridized carbons (Fsp3) is 0.486. The Kier molecular flexibility index (Phi) is 9.42. The van der Waals surface area contributed by atoms with E-state index in [0.29, 0.717) is 28.8 Å². The standard InChI is InChI=1S/C35H40N4O6.2ClH/c1-4-9-36-28(41)19-39-13-10-38(11-14-39,12-15-39)18-22-5-7-24-26-17-23(6-8-25(26)33(42)27(24)16-22)29-20(2)31-30(21(3)40)34(43)37(31)32(29)35(44)45;;/h5-8,16-17,20-21,30-31,40H,4,9-15,18-19H2,1-3H3;2*1H/t20-,21+,30+,31+,38?,39?;;/m0../s1. The molecule has 0 spiro atoms. The molecule has 0 aromatic heterocycles. The quantitative estimate of drug-likeness (QED) is 0.157. The first-order valence-corrected chi connectivity index (χ1v) is 16.3. The van der Waals surface area contributed by atoms with Gasteiger partial charge in [0.25, 0.3) is 5.91 Å². The van der Waals surface area contributed by atoms with Crippen LogP contribution in [0.4, 0.5) is 0 Å². The Morgan fingerprint density at radius 2 is 1.57 bits per heavy atom. The van der Waals surface area contributed by atoms with E-state index in [9.17, 15) is 29.4 Å². The van der Waals surface area contributed by atoms with E-state index in [-0.39, 0.29) is 54.0 Å². The number of carbonyl (C=O) groups excluding carboxylic acids is 3. The van der Waals surface area contributed by atoms with E-state index in [0.717, 1.165) is 84.4 Å². The third-order valence-electron chi connectivity index (χ3n) is 11.3. The number of piperazine rings is 3. The number of ketones is 1. The number of quaternary nitrogens is 2. The number of carboxylic acids is 1. The number of amides is 2. The van der Waals surface area contributed by atoms with Gasteiger partial charge in [-0.05, 0) is 53.8 Å². The van der Waals surface area contributed by atoms with E-state index in [1.165, 1.54) is 4.90 Å². The number of benzene rings is 2. The van der Waals surface area contributed by atoms with Gasteiger partial charge in [0.2, 0.25) is 5.91 Å². The number of fused-ring (bicyclic) bond motifs is 7. The van der Waals surface area contributed by atoms with Crippen molar-refractivity contribution < 1.29 is 63.2 Å². The molecular weight excluding hydrogens is 643 g/mol. The smallest absolute Gasteiger partial charge is 0.352 e. The second-order valence-corrected chi connectivity index (χ2v) is 14.0. The Balaban J connectivity index is 0.00000217. The summed E-state index contributed by atoms with van der Waals surface area (Å²) < 4.78 is 1.86. The van der Waals surface area contributed by atoms with E-state index < -0.39 is 24.0 Å². The van der Waals surface area contributed by atoms with Gasteiger partial charge in [-0.2, -0.15) is 0 Å². The lowest BCUT2D eigenvalue weighted by molar-refractivity contribution is -1.08. The molecular formula is C35H42Cl2N4O6. The minimum Gasteiger partial charge on any atom is -1.00 e. The first kappa shape index (κ1) is 35.0. The van der Waals surface area contributed by atoms with Crippen molar-refractivity contribution >= 4 is 29.1 Å². The fourth-order valence-corrected chi connectivity index (χ4v) is 8.77. The molecule has 47 heavy (non-hydrogen) atoms. The number of nitrogens with zero attached hydrogens (tertiary/aromatic N) is 3. The van der Waals surface area contributed by atoms with Crippen LogP contribution in [0.2, 0.25) is 0 Å². The number of carboxylic acid groups (broad SMARTS) is 1. The Hall–Kier alpha value is -3.28. The van der Waals surface area contributed by atoms with Crippen molar-refractivity contribution in [3.05, 3.63) is 64.3 Å². The van der Waals surface area contributed by atoms with Crippen LogP contribution in [-0.2, 0) is 20.9 Å². The number of aliphatic hydroxyl groups is 1. The van der Waals surface area contributed by atoms with Crippen LogP contribution in [0, 0.1) is 11.8 Å². The molecule has 12 heteroatoms. The number of hydrogen-bond acceptors (Lipinski definition) is 5. The van der Waals surface area contributed by atoms with Crippen LogP contribution in [-0.4, -0.2) is 112 Å². The molecule has 0 unspecified atom stereocenters. The van der Waals surface area contributed by atoms with Gasteiger partial charge in [-0.15, -0.1) is 0 Å². The van der Waals surface area contributed by atoms with Crippen LogP contribution in [0.25, 0.3) is 16.7 Å². The van der Waals surface area contributed by atoms with Gasteiger partial charge in [-0.3, -0.25) is 14.4 Å². The summed E-state index contributed by atoms with van der Waals surface area (Å²) in [5, 5.41) is 23.4. The zero-order chi connectivity index (χ0) is 31.8. The highest BCUT2D eigenvalue weighted by Gasteiger charge is 2.60. The predicted molar refractivity (Wildman–Crippen MR) is 166 cm³/mol. The molecule has 10 nitrogen and oxygen atoms in total. The average Bonchev–Trinajstić information content (AvgIpc) is 3.44. The summed E-state index contributed by atoms with van der Waals surface area (Å²) in [7, 11) is 0. The number of aliphatic carboxylic acids is 1. The number of hydrogen-bond donors (Lipinski definition) is 3. The molecule has 3 N–H and O–H groups in total. The second kappa shape index (κ2) is 12.6. The maximum Gasteiger partial charge on any atom is 0.352 e. The van der Waals surface area contributed by atoms with Crippen molar-refractivity contribution in [1.29, 1.82) is 0 Å². The van der Waals surface area contributed by atoms with Crippen LogP contribution < -0.4 is 30.1 Å². The highest BCUT2D eigenvalue weighted by molar-refractivity contribution is 6.22. The number of β-lactam (4-membered cyclic amide) rings is 1. The largest absolute Gasteiger partial charge is 1.00 e. The molecule has 2 amide bonds. The Bertz CT molecular complexity index is 1670. The van der Waals surface area contributed by atoms with Gasteiger partial charge >= 0.3 is 5.97 Å².